The normalized spacial score (nSPS) is 21.3. The van der Waals surface area contributed by atoms with Crippen molar-refractivity contribution in [2.75, 3.05) is 13.2 Å². The predicted octanol–water partition coefficient (Wildman–Crippen LogP) is 2.53. The Morgan fingerprint density at radius 1 is 1.30 bits per heavy atom. The van der Waals surface area contributed by atoms with E-state index in [0.717, 1.165) is 12.8 Å². The zero-order valence-electron chi connectivity index (χ0n) is 12.9. The average Bonchev–Trinajstić information content (AvgIpc) is 3.35. The maximum Gasteiger partial charge on any atom is 0.257 e. The van der Waals surface area contributed by atoms with Gasteiger partial charge in [0.25, 0.3) is 5.91 Å². The summed E-state index contributed by atoms with van der Waals surface area (Å²) in [6.45, 7) is 1.26. The standard InChI is InChI=1S/C17H21ClN2O3/c18-12-4-3-6-14(23-10-11-7-8-11)15(12)17(22)20-13-5-1-2-9-19-16(13)21/h3-4,6,11,13H,1-2,5,7-10H2,(H,19,21)(H,20,22). The van der Waals surface area contributed by atoms with Gasteiger partial charge in [0, 0.05) is 6.54 Å². The van der Waals surface area contributed by atoms with Crippen molar-refractivity contribution in [3.63, 3.8) is 0 Å². The van der Waals surface area contributed by atoms with Crippen LogP contribution in [0.3, 0.4) is 0 Å². The molecule has 6 heteroatoms. The van der Waals surface area contributed by atoms with E-state index in [2.05, 4.69) is 10.6 Å². The summed E-state index contributed by atoms with van der Waals surface area (Å²) >= 11 is 6.20. The predicted molar refractivity (Wildman–Crippen MR) is 87.8 cm³/mol. The average molecular weight is 337 g/mol. The van der Waals surface area contributed by atoms with E-state index in [9.17, 15) is 9.59 Å². The third-order valence-electron chi connectivity index (χ3n) is 4.21. The minimum atomic E-state index is -0.516. The second-order valence-electron chi connectivity index (χ2n) is 6.18. The topological polar surface area (TPSA) is 67.4 Å². The van der Waals surface area contributed by atoms with E-state index >= 15 is 0 Å². The van der Waals surface area contributed by atoms with E-state index in [0.29, 0.717) is 41.8 Å². The number of amides is 2. The highest BCUT2D eigenvalue weighted by Gasteiger charge is 2.27. The fourth-order valence-corrected chi connectivity index (χ4v) is 2.90. The molecule has 1 aliphatic carbocycles. The fraction of sp³-hybridized carbons (Fsp3) is 0.529. The first-order valence-electron chi connectivity index (χ1n) is 8.15. The Morgan fingerprint density at radius 2 is 2.13 bits per heavy atom. The summed E-state index contributed by atoms with van der Waals surface area (Å²) in [6.07, 6.45) is 4.81. The first-order valence-corrected chi connectivity index (χ1v) is 8.53. The molecule has 2 amide bonds. The van der Waals surface area contributed by atoms with Gasteiger partial charge in [0.05, 0.1) is 17.2 Å². The first kappa shape index (κ1) is 16.1. The zero-order valence-corrected chi connectivity index (χ0v) is 13.7. The molecule has 1 saturated heterocycles. The molecule has 1 atom stereocenters. The van der Waals surface area contributed by atoms with Gasteiger partial charge in [-0.25, -0.2) is 0 Å². The molecule has 1 heterocycles. The minimum absolute atomic E-state index is 0.136. The van der Waals surface area contributed by atoms with Crippen LogP contribution < -0.4 is 15.4 Å². The summed E-state index contributed by atoms with van der Waals surface area (Å²) in [5, 5.41) is 5.94. The Labute approximate surface area is 140 Å². The lowest BCUT2D eigenvalue weighted by molar-refractivity contribution is -0.122. The highest BCUT2D eigenvalue weighted by Crippen LogP contribution is 2.32. The highest BCUT2D eigenvalue weighted by molar-refractivity contribution is 6.34. The van der Waals surface area contributed by atoms with Gasteiger partial charge >= 0.3 is 0 Å². The highest BCUT2D eigenvalue weighted by atomic mass is 35.5. The molecule has 0 aromatic heterocycles. The van der Waals surface area contributed by atoms with Crippen molar-refractivity contribution >= 4 is 23.4 Å². The van der Waals surface area contributed by atoms with Crippen LogP contribution in [0.4, 0.5) is 0 Å². The van der Waals surface area contributed by atoms with Crippen LogP contribution in [0.1, 0.15) is 42.5 Å². The Balaban J connectivity index is 1.73. The van der Waals surface area contributed by atoms with Crippen molar-refractivity contribution in [2.45, 2.75) is 38.1 Å². The van der Waals surface area contributed by atoms with Gasteiger partial charge in [-0.1, -0.05) is 17.7 Å². The van der Waals surface area contributed by atoms with Crippen molar-refractivity contribution in [2.24, 2.45) is 5.92 Å². The molecule has 2 fully saturated rings. The monoisotopic (exact) mass is 336 g/mol. The largest absolute Gasteiger partial charge is 0.492 e. The molecule has 23 heavy (non-hydrogen) atoms. The van der Waals surface area contributed by atoms with Crippen LogP contribution in [-0.2, 0) is 4.79 Å². The lowest BCUT2D eigenvalue weighted by Crippen LogP contribution is -2.45. The van der Waals surface area contributed by atoms with E-state index in [-0.39, 0.29) is 11.8 Å². The molecule has 1 aromatic carbocycles. The van der Waals surface area contributed by atoms with Crippen LogP contribution in [0.15, 0.2) is 18.2 Å². The molecule has 2 N–H and O–H groups in total. The lowest BCUT2D eigenvalue weighted by atomic mass is 10.1. The van der Waals surface area contributed by atoms with Crippen LogP contribution in [0.5, 0.6) is 5.75 Å². The number of benzene rings is 1. The molecular weight excluding hydrogens is 316 g/mol. The van der Waals surface area contributed by atoms with E-state index in [1.54, 1.807) is 18.2 Å². The molecule has 0 bridgehead atoms. The Morgan fingerprint density at radius 3 is 2.91 bits per heavy atom. The van der Waals surface area contributed by atoms with E-state index in [1.807, 2.05) is 0 Å². The smallest absolute Gasteiger partial charge is 0.257 e. The number of halogens is 1. The van der Waals surface area contributed by atoms with Crippen LogP contribution in [0, 0.1) is 5.92 Å². The molecule has 1 aliphatic heterocycles. The van der Waals surface area contributed by atoms with Crippen LogP contribution >= 0.6 is 11.6 Å². The number of ether oxygens (including phenoxy) is 1. The summed E-state index contributed by atoms with van der Waals surface area (Å²) in [5.41, 5.74) is 0.312. The fourth-order valence-electron chi connectivity index (χ4n) is 2.64. The number of carbonyl (C=O) groups excluding carboxylic acids is 2. The molecule has 0 radical (unpaired) electrons. The van der Waals surface area contributed by atoms with Gasteiger partial charge in [0.15, 0.2) is 0 Å². The molecule has 1 aromatic rings. The molecule has 1 unspecified atom stereocenters. The molecule has 124 valence electrons. The van der Waals surface area contributed by atoms with Crippen molar-refractivity contribution in [1.29, 1.82) is 0 Å². The third kappa shape index (κ3) is 4.16. The van der Waals surface area contributed by atoms with Gasteiger partial charge in [0.2, 0.25) is 5.91 Å². The van der Waals surface area contributed by atoms with Crippen molar-refractivity contribution in [1.82, 2.24) is 10.6 Å². The number of hydrogen-bond donors (Lipinski definition) is 2. The summed E-state index contributed by atoms with van der Waals surface area (Å²) in [6, 6.07) is 4.65. The van der Waals surface area contributed by atoms with E-state index in [4.69, 9.17) is 16.3 Å². The number of rotatable bonds is 5. The number of hydrogen-bond acceptors (Lipinski definition) is 3. The van der Waals surface area contributed by atoms with Crippen LogP contribution in [0.2, 0.25) is 5.02 Å². The minimum Gasteiger partial charge on any atom is -0.492 e. The molecule has 0 spiro atoms. The molecule has 2 aliphatic rings. The van der Waals surface area contributed by atoms with Crippen molar-refractivity contribution in [3.05, 3.63) is 28.8 Å². The van der Waals surface area contributed by atoms with E-state index < -0.39 is 6.04 Å². The summed E-state index contributed by atoms with van der Waals surface area (Å²) < 4.78 is 5.76. The second-order valence-corrected chi connectivity index (χ2v) is 6.59. The third-order valence-corrected chi connectivity index (χ3v) is 4.53. The summed E-state index contributed by atoms with van der Waals surface area (Å²) in [5.74, 6) is 0.570. The number of carbonyl (C=O) groups is 2. The van der Waals surface area contributed by atoms with Crippen molar-refractivity contribution < 1.29 is 14.3 Å². The second kappa shape index (κ2) is 7.21. The van der Waals surface area contributed by atoms with Crippen LogP contribution in [-0.4, -0.2) is 31.0 Å². The summed E-state index contributed by atoms with van der Waals surface area (Å²) in [4.78, 5) is 24.6. The van der Waals surface area contributed by atoms with Crippen molar-refractivity contribution in [3.8, 4) is 5.75 Å². The summed E-state index contributed by atoms with van der Waals surface area (Å²) in [7, 11) is 0. The van der Waals surface area contributed by atoms with Gasteiger partial charge in [-0.15, -0.1) is 0 Å². The lowest BCUT2D eigenvalue weighted by Gasteiger charge is -2.17. The Hall–Kier alpha value is -1.75. The van der Waals surface area contributed by atoms with Gasteiger partial charge in [-0.05, 0) is 50.2 Å². The van der Waals surface area contributed by atoms with Gasteiger partial charge < -0.3 is 15.4 Å². The molecule has 5 nitrogen and oxygen atoms in total. The van der Waals surface area contributed by atoms with E-state index in [1.165, 1.54) is 12.8 Å². The maximum absolute atomic E-state index is 12.6. The Bertz CT molecular complexity index is 602. The van der Waals surface area contributed by atoms with Gasteiger partial charge in [0.1, 0.15) is 11.8 Å². The quantitative estimate of drug-likeness (QED) is 0.868. The van der Waals surface area contributed by atoms with Gasteiger partial charge in [-0.2, -0.15) is 0 Å². The van der Waals surface area contributed by atoms with Gasteiger partial charge in [-0.3, -0.25) is 9.59 Å². The number of nitrogens with one attached hydrogen (secondary N) is 2. The maximum atomic E-state index is 12.6. The molecular formula is C17H21ClN2O3. The Kier molecular flexibility index (Phi) is 5.06. The molecule has 3 rings (SSSR count). The zero-order chi connectivity index (χ0) is 16.2. The molecule has 1 saturated carbocycles. The SMILES string of the molecule is O=C(NC1CCCCNC1=O)c1c(Cl)cccc1OCC1CC1. The van der Waals surface area contributed by atoms with Crippen LogP contribution in [0.25, 0.3) is 0 Å². The first-order chi connectivity index (χ1) is 11.1.